The van der Waals surface area contributed by atoms with E-state index in [1.165, 1.54) is 0 Å². The Morgan fingerprint density at radius 2 is 1.90 bits per heavy atom. The molecule has 0 N–H and O–H groups in total. The first kappa shape index (κ1) is 13.6. The standard InChI is InChI=1S/C14H13ClN4O2/c1-20-10-4-3-9(5-11(10)21-2)6-13-17-18-14-8-16-7-12(15)19(13)14/h3-5,7-8H,6H2,1-2H3. The summed E-state index contributed by atoms with van der Waals surface area (Å²) >= 11 is 6.15. The van der Waals surface area contributed by atoms with Crippen LogP contribution < -0.4 is 9.47 Å². The molecule has 2 heterocycles. The average Bonchev–Trinajstić information content (AvgIpc) is 2.91. The molecule has 0 saturated carbocycles. The Bertz CT molecular complexity index is 788. The lowest BCUT2D eigenvalue weighted by Gasteiger charge is -2.09. The third kappa shape index (κ3) is 2.50. The largest absolute Gasteiger partial charge is 0.493 e. The Morgan fingerprint density at radius 3 is 2.67 bits per heavy atom. The van der Waals surface area contributed by atoms with Gasteiger partial charge >= 0.3 is 0 Å². The van der Waals surface area contributed by atoms with Crippen LogP contribution in [0.25, 0.3) is 5.65 Å². The van der Waals surface area contributed by atoms with Crippen molar-refractivity contribution in [2.24, 2.45) is 0 Å². The van der Waals surface area contributed by atoms with Crippen molar-refractivity contribution < 1.29 is 9.47 Å². The number of rotatable bonds is 4. The lowest BCUT2D eigenvalue weighted by molar-refractivity contribution is 0.354. The van der Waals surface area contributed by atoms with Gasteiger partial charge in [-0.3, -0.25) is 9.38 Å². The van der Waals surface area contributed by atoms with Crippen LogP contribution in [0.5, 0.6) is 11.5 Å². The molecule has 0 atom stereocenters. The van der Waals surface area contributed by atoms with Crippen molar-refractivity contribution in [2.45, 2.75) is 6.42 Å². The SMILES string of the molecule is COc1ccc(Cc2nnc3cncc(Cl)n23)cc1OC. The zero-order valence-corrected chi connectivity index (χ0v) is 12.3. The lowest BCUT2D eigenvalue weighted by atomic mass is 10.1. The van der Waals surface area contributed by atoms with Gasteiger partial charge in [0.15, 0.2) is 17.1 Å². The lowest BCUT2D eigenvalue weighted by Crippen LogP contribution is -1.99. The molecular weight excluding hydrogens is 292 g/mol. The van der Waals surface area contributed by atoms with Crippen molar-refractivity contribution in [3.05, 3.63) is 47.1 Å². The van der Waals surface area contributed by atoms with Gasteiger partial charge in [-0.15, -0.1) is 10.2 Å². The van der Waals surface area contributed by atoms with Crippen LogP contribution in [0, 0.1) is 0 Å². The maximum absolute atomic E-state index is 6.15. The number of methoxy groups -OCH3 is 2. The fourth-order valence-electron chi connectivity index (χ4n) is 2.16. The minimum Gasteiger partial charge on any atom is -0.493 e. The molecule has 0 unspecified atom stereocenters. The molecule has 21 heavy (non-hydrogen) atoms. The van der Waals surface area contributed by atoms with E-state index in [0.29, 0.717) is 28.7 Å². The Kier molecular flexibility index (Phi) is 3.62. The van der Waals surface area contributed by atoms with Crippen LogP contribution in [0.1, 0.15) is 11.4 Å². The average molecular weight is 305 g/mol. The topological polar surface area (TPSA) is 61.5 Å². The summed E-state index contributed by atoms with van der Waals surface area (Å²) in [7, 11) is 3.22. The van der Waals surface area contributed by atoms with Crippen LogP contribution in [0.4, 0.5) is 0 Å². The summed E-state index contributed by atoms with van der Waals surface area (Å²) in [5.41, 5.74) is 1.65. The van der Waals surface area contributed by atoms with Gasteiger partial charge in [0.2, 0.25) is 0 Å². The van der Waals surface area contributed by atoms with Crippen LogP contribution in [0.3, 0.4) is 0 Å². The number of ether oxygens (including phenoxy) is 2. The Balaban J connectivity index is 1.99. The fraction of sp³-hybridized carbons (Fsp3) is 0.214. The van der Waals surface area contributed by atoms with Gasteiger partial charge in [0.05, 0.1) is 26.6 Å². The summed E-state index contributed by atoms with van der Waals surface area (Å²) in [6, 6.07) is 5.73. The molecular formula is C14H13ClN4O2. The molecule has 0 aliphatic rings. The van der Waals surface area contributed by atoms with Crippen LogP contribution in [-0.2, 0) is 6.42 Å². The summed E-state index contributed by atoms with van der Waals surface area (Å²) in [5, 5.41) is 8.71. The molecule has 3 rings (SSSR count). The Hall–Kier alpha value is -2.34. The minimum atomic E-state index is 0.480. The number of aromatic nitrogens is 4. The summed E-state index contributed by atoms with van der Waals surface area (Å²) in [6.07, 6.45) is 3.76. The zero-order chi connectivity index (χ0) is 14.8. The van der Waals surface area contributed by atoms with Gasteiger partial charge in [-0.05, 0) is 17.7 Å². The first-order chi connectivity index (χ1) is 10.2. The summed E-state index contributed by atoms with van der Waals surface area (Å²) in [6.45, 7) is 0. The minimum absolute atomic E-state index is 0.480. The third-order valence-corrected chi connectivity index (χ3v) is 3.42. The number of hydrogen-bond donors (Lipinski definition) is 0. The monoisotopic (exact) mass is 304 g/mol. The van der Waals surface area contributed by atoms with E-state index in [2.05, 4.69) is 15.2 Å². The highest BCUT2D eigenvalue weighted by Crippen LogP contribution is 2.28. The molecule has 0 saturated heterocycles. The molecule has 0 radical (unpaired) electrons. The van der Waals surface area contributed by atoms with Crippen LogP contribution in [0.15, 0.2) is 30.6 Å². The van der Waals surface area contributed by atoms with Crippen LogP contribution in [-0.4, -0.2) is 33.8 Å². The van der Waals surface area contributed by atoms with Gasteiger partial charge in [0.25, 0.3) is 0 Å². The van der Waals surface area contributed by atoms with E-state index >= 15 is 0 Å². The normalized spacial score (nSPS) is 10.8. The second-order valence-corrected chi connectivity index (χ2v) is 4.79. The summed E-state index contributed by atoms with van der Waals surface area (Å²) < 4.78 is 12.3. The van der Waals surface area contributed by atoms with Crippen molar-refractivity contribution >= 4 is 17.2 Å². The highest BCUT2D eigenvalue weighted by molar-refractivity contribution is 6.29. The number of nitrogens with zero attached hydrogens (tertiary/aromatic N) is 4. The van der Waals surface area contributed by atoms with Gasteiger partial charge < -0.3 is 9.47 Å². The van der Waals surface area contributed by atoms with E-state index in [1.54, 1.807) is 31.0 Å². The molecule has 3 aromatic rings. The van der Waals surface area contributed by atoms with Gasteiger partial charge in [-0.1, -0.05) is 17.7 Å². The smallest absolute Gasteiger partial charge is 0.180 e. The van der Waals surface area contributed by atoms with Crippen molar-refractivity contribution in [1.29, 1.82) is 0 Å². The molecule has 0 aliphatic carbocycles. The molecule has 0 amide bonds. The van der Waals surface area contributed by atoms with E-state index in [1.807, 2.05) is 18.2 Å². The van der Waals surface area contributed by atoms with Crippen molar-refractivity contribution in [1.82, 2.24) is 19.6 Å². The maximum atomic E-state index is 6.15. The van der Waals surface area contributed by atoms with Gasteiger partial charge in [-0.2, -0.15) is 0 Å². The Morgan fingerprint density at radius 1 is 1.10 bits per heavy atom. The van der Waals surface area contributed by atoms with Crippen molar-refractivity contribution in [2.75, 3.05) is 14.2 Å². The van der Waals surface area contributed by atoms with Crippen molar-refractivity contribution in [3.8, 4) is 11.5 Å². The number of hydrogen-bond acceptors (Lipinski definition) is 5. The van der Waals surface area contributed by atoms with E-state index in [4.69, 9.17) is 21.1 Å². The molecule has 2 aromatic heterocycles. The van der Waals surface area contributed by atoms with Crippen LogP contribution in [0.2, 0.25) is 5.15 Å². The van der Waals surface area contributed by atoms with Crippen LogP contribution >= 0.6 is 11.6 Å². The van der Waals surface area contributed by atoms with E-state index in [-0.39, 0.29) is 0 Å². The highest BCUT2D eigenvalue weighted by Gasteiger charge is 2.11. The second-order valence-electron chi connectivity index (χ2n) is 4.41. The summed E-state index contributed by atoms with van der Waals surface area (Å²) in [4.78, 5) is 3.99. The number of benzene rings is 1. The van der Waals surface area contributed by atoms with Gasteiger partial charge in [0.1, 0.15) is 11.0 Å². The number of halogens is 1. The Labute approximate surface area is 126 Å². The zero-order valence-electron chi connectivity index (χ0n) is 11.6. The number of fused-ring (bicyclic) bond motifs is 1. The molecule has 6 nitrogen and oxygen atoms in total. The summed E-state index contributed by atoms with van der Waals surface area (Å²) in [5.74, 6) is 2.11. The molecule has 0 spiro atoms. The highest BCUT2D eigenvalue weighted by atomic mass is 35.5. The third-order valence-electron chi connectivity index (χ3n) is 3.15. The second kappa shape index (κ2) is 5.57. The van der Waals surface area contributed by atoms with E-state index in [0.717, 1.165) is 11.4 Å². The molecule has 108 valence electrons. The molecule has 0 bridgehead atoms. The van der Waals surface area contributed by atoms with E-state index in [9.17, 15) is 0 Å². The van der Waals surface area contributed by atoms with Gasteiger partial charge in [0, 0.05) is 6.42 Å². The van der Waals surface area contributed by atoms with Crippen molar-refractivity contribution in [3.63, 3.8) is 0 Å². The first-order valence-corrected chi connectivity index (χ1v) is 6.65. The van der Waals surface area contributed by atoms with E-state index < -0.39 is 0 Å². The predicted molar refractivity (Wildman–Crippen MR) is 78.1 cm³/mol. The molecule has 7 heteroatoms. The molecule has 0 aliphatic heterocycles. The quantitative estimate of drug-likeness (QED) is 0.740. The fourth-order valence-corrected chi connectivity index (χ4v) is 2.40. The molecule has 1 aromatic carbocycles. The van der Waals surface area contributed by atoms with Gasteiger partial charge in [-0.25, -0.2) is 0 Å². The predicted octanol–water partition coefficient (Wildman–Crippen LogP) is 2.39. The first-order valence-electron chi connectivity index (χ1n) is 6.27. The maximum Gasteiger partial charge on any atom is 0.180 e. The molecule has 0 fully saturated rings.